The van der Waals surface area contributed by atoms with Crippen LogP contribution in [0.5, 0.6) is 5.75 Å². The highest BCUT2D eigenvalue weighted by atomic mass is 127. The Morgan fingerprint density at radius 3 is 2.65 bits per heavy atom. The Bertz CT molecular complexity index is 433. The molecule has 0 radical (unpaired) electrons. The summed E-state index contributed by atoms with van der Waals surface area (Å²) in [5.41, 5.74) is 0.359. The number of carboxylic acids is 1. The molecule has 1 rings (SSSR count). The maximum atomic E-state index is 11.6. The van der Waals surface area contributed by atoms with Crippen LogP contribution in [-0.2, 0) is 4.79 Å². The van der Waals surface area contributed by atoms with Crippen molar-refractivity contribution in [1.82, 2.24) is 5.32 Å². The van der Waals surface area contributed by atoms with E-state index in [1.165, 1.54) is 6.07 Å². The molecule has 5 nitrogen and oxygen atoms in total. The third-order valence-corrected chi connectivity index (χ3v) is 2.97. The van der Waals surface area contributed by atoms with E-state index in [0.717, 1.165) is 0 Å². The van der Waals surface area contributed by atoms with Gasteiger partial charge in [-0.1, -0.05) is 0 Å². The molecule has 1 amide bonds. The lowest BCUT2D eigenvalue weighted by molar-refractivity contribution is -0.137. The van der Waals surface area contributed by atoms with Gasteiger partial charge in [-0.2, -0.15) is 0 Å². The van der Waals surface area contributed by atoms with Gasteiger partial charge in [-0.05, 0) is 47.2 Å². The minimum Gasteiger partial charge on any atom is -0.507 e. The molecule has 1 aromatic carbocycles. The number of hydrogen-bond donors (Lipinski definition) is 3. The van der Waals surface area contributed by atoms with E-state index >= 15 is 0 Å². The first-order valence-electron chi connectivity index (χ1n) is 4.99. The van der Waals surface area contributed by atoms with Crippen LogP contribution < -0.4 is 5.32 Å². The largest absolute Gasteiger partial charge is 0.507 e. The van der Waals surface area contributed by atoms with E-state index in [1.807, 2.05) is 22.6 Å². The predicted molar refractivity (Wildman–Crippen MR) is 70.0 cm³/mol. The van der Waals surface area contributed by atoms with Crippen LogP contribution in [0, 0.1) is 3.57 Å². The minimum atomic E-state index is -0.883. The first-order valence-corrected chi connectivity index (χ1v) is 6.07. The molecule has 0 aliphatic carbocycles. The second-order valence-corrected chi connectivity index (χ2v) is 4.58. The normalized spacial score (nSPS) is 9.94. The fourth-order valence-corrected chi connectivity index (χ4v) is 1.53. The zero-order chi connectivity index (χ0) is 12.8. The number of benzene rings is 1. The van der Waals surface area contributed by atoms with Gasteiger partial charge in [-0.15, -0.1) is 0 Å². The van der Waals surface area contributed by atoms with Crippen molar-refractivity contribution in [3.05, 3.63) is 27.3 Å². The Balaban J connectivity index is 2.47. The molecule has 0 saturated carbocycles. The number of carbonyl (C=O) groups is 2. The summed E-state index contributed by atoms with van der Waals surface area (Å²) >= 11 is 1.96. The lowest BCUT2D eigenvalue weighted by atomic mass is 10.2. The molecular weight excluding hydrogens is 337 g/mol. The molecular formula is C11H12INO4. The van der Waals surface area contributed by atoms with Gasteiger partial charge in [0.15, 0.2) is 0 Å². The Morgan fingerprint density at radius 2 is 2.06 bits per heavy atom. The molecule has 3 N–H and O–H groups in total. The summed E-state index contributed by atoms with van der Waals surface area (Å²) in [5, 5.41) is 20.4. The molecule has 0 fully saturated rings. The molecule has 0 saturated heterocycles. The molecule has 0 spiro atoms. The van der Waals surface area contributed by atoms with Crippen molar-refractivity contribution in [3.8, 4) is 5.75 Å². The number of phenols is 1. The molecule has 1 aromatic rings. The molecule has 0 aliphatic rings. The van der Waals surface area contributed by atoms with E-state index in [0.29, 0.717) is 22.1 Å². The molecule has 0 atom stereocenters. The molecule has 0 unspecified atom stereocenters. The lowest BCUT2D eigenvalue weighted by Crippen LogP contribution is -2.24. The molecule has 6 heteroatoms. The number of aromatic hydroxyl groups is 1. The van der Waals surface area contributed by atoms with Crippen molar-refractivity contribution < 1.29 is 19.8 Å². The van der Waals surface area contributed by atoms with Crippen molar-refractivity contribution in [3.63, 3.8) is 0 Å². The lowest BCUT2D eigenvalue weighted by Gasteiger charge is -2.05. The molecule has 17 heavy (non-hydrogen) atoms. The summed E-state index contributed by atoms with van der Waals surface area (Å²) in [6, 6.07) is 4.63. The highest BCUT2D eigenvalue weighted by Gasteiger charge is 2.07. The van der Waals surface area contributed by atoms with E-state index < -0.39 is 5.97 Å². The van der Waals surface area contributed by atoms with Crippen LogP contribution in [0.4, 0.5) is 0 Å². The maximum Gasteiger partial charge on any atom is 0.303 e. The van der Waals surface area contributed by atoms with Crippen molar-refractivity contribution in [2.45, 2.75) is 12.8 Å². The van der Waals surface area contributed by atoms with Crippen LogP contribution in [0.25, 0.3) is 0 Å². The second-order valence-electron chi connectivity index (χ2n) is 3.42. The highest BCUT2D eigenvalue weighted by Crippen LogP contribution is 2.20. The third-order valence-electron chi connectivity index (χ3n) is 2.06. The van der Waals surface area contributed by atoms with Gasteiger partial charge in [0, 0.05) is 18.5 Å². The van der Waals surface area contributed by atoms with E-state index in [4.69, 9.17) is 5.11 Å². The van der Waals surface area contributed by atoms with Gasteiger partial charge < -0.3 is 15.5 Å². The second kappa shape index (κ2) is 6.43. The molecule has 0 bridgehead atoms. The number of amides is 1. The first kappa shape index (κ1) is 13.8. The van der Waals surface area contributed by atoms with Gasteiger partial charge in [0.25, 0.3) is 5.91 Å². The SMILES string of the molecule is O=C(O)CCCNC(=O)c1ccc(I)c(O)c1. The zero-order valence-electron chi connectivity index (χ0n) is 8.94. The number of rotatable bonds is 5. The Kier molecular flexibility index (Phi) is 5.20. The van der Waals surface area contributed by atoms with E-state index in [1.54, 1.807) is 12.1 Å². The Morgan fingerprint density at radius 1 is 1.35 bits per heavy atom. The number of nitrogens with one attached hydrogen (secondary N) is 1. The fraction of sp³-hybridized carbons (Fsp3) is 0.273. The van der Waals surface area contributed by atoms with Gasteiger partial charge in [0.1, 0.15) is 5.75 Å². The fourth-order valence-electron chi connectivity index (χ4n) is 1.20. The molecule has 0 heterocycles. The number of hydrogen-bond acceptors (Lipinski definition) is 3. The van der Waals surface area contributed by atoms with E-state index in [-0.39, 0.29) is 18.1 Å². The monoisotopic (exact) mass is 349 g/mol. The quantitative estimate of drug-likeness (QED) is 0.557. The standard InChI is InChI=1S/C11H12INO4/c12-8-4-3-7(6-9(8)14)11(17)13-5-1-2-10(15)16/h3-4,6,14H,1-2,5H2,(H,13,17)(H,15,16). The van der Waals surface area contributed by atoms with Gasteiger partial charge in [0.05, 0.1) is 3.57 Å². The minimum absolute atomic E-state index is 0.0260. The maximum absolute atomic E-state index is 11.6. The van der Waals surface area contributed by atoms with Gasteiger partial charge >= 0.3 is 5.97 Å². The zero-order valence-corrected chi connectivity index (χ0v) is 11.1. The topological polar surface area (TPSA) is 86.6 Å². The van der Waals surface area contributed by atoms with Crippen LogP contribution in [0.2, 0.25) is 0 Å². The number of aliphatic carboxylic acids is 1. The van der Waals surface area contributed by atoms with Gasteiger partial charge in [-0.25, -0.2) is 0 Å². The third kappa shape index (κ3) is 4.59. The van der Waals surface area contributed by atoms with Gasteiger partial charge in [0.2, 0.25) is 0 Å². The van der Waals surface area contributed by atoms with Crippen LogP contribution in [0.3, 0.4) is 0 Å². The van der Waals surface area contributed by atoms with Crippen LogP contribution in [0.15, 0.2) is 18.2 Å². The average molecular weight is 349 g/mol. The molecule has 0 aliphatic heterocycles. The summed E-state index contributed by atoms with van der Waals surface area (Å²) in [4.78, 5) is 21.8. The number of carbonyl (C=O) groups excluding carboxylic acids is 1. The van der Waals surface area contributed by atoms with Crippen LogP contribution >= 0.6 is 22.6 Å². The number of halogens is 1. The summed E-state index contributed by atoms with van der Waals surface area (Å²) in [5.74, 6) is -1.14. The molecule has 92 valence electrons. The van der Waals surface area contributed by atoms with Crippen molar-refractivity contribution in [2.75, 3.05) is 6.54 Å². The predicted octanol–water partition coefficient (Wildman–Crippen LogP) is 1.59. The van der Waals surface area contributed by atoms with Crippen molar-refractivity contribution in [2.24, 2.45) is 0 Å². The van der Waals surface area contributed by atoms with Crippen LogP contribution in [0.1, 0.15) is 23.2 Å². The summed E-state index contributed by atoms with van der Waals surface area (Å²) in [6.07, 6.45) is 0.412. The molecule has 0 aromatic heterocycles. The highest BCUT2D eigenvalue weighted by molar-refractivity contribution is 14.1. The summed E-state index contributed by atoms with van der Waals surface area (Å²) in [7, 11) is 0. The Hall–Kier alpha value is -1.31. The van der Waals surface area contributed by atoms with Gasteiger partial charge in [-0.3, -0.25) is 9.59 Å². The van der Waals surface area contributed by atoms with Crippen molar-refractivity contribution >= 4 is 34.5 Å². The van der Waals surface area contributed by atoms with Crippen LogP contribution in [-0.4, -0.2) is 28.6 Å². The number of carboxylic acid groups (broad SMARTS) is 1. The first-order chi connectivity index (χ1) is 8.00. The smallest absolute Gasteiger partial charge is 0.303 e. The summed E-state index contributed by atoms with van der Waals surface area (Å²) in [6.45, 7) is 0.303. The Labute approximate surface area is 112 Å². The summed E-state index contributed by atoms with van der Waals surface area (Å²) < 4.78 is 0.671. The average Bonchev–Trinajstić information content (AvgIpc) is 2.27. The number of phenolic OH excluding ortho intramolecular Hbond substituents is 1. The van der Waals surface area contributed by atoms with E-state index in [2.05, 4.69) is 5.32 Å². The van der Waals surface area contributed by atoms with E-state index in [9.17, 15) is 14.7 Å². The van der Waals surface area contributed by atoms with Crippen molar-refractivity contribution in [1.29, 1.82) is 0 Å².